The highest BCUT2D eigenvalue weighted by molar-refractivity contribution is 7.10. The lowest BCUT2D eigenvalue weighted by Gasteiger charge is -2.18. The molecule has 0 bridgehead atoms. The fourth-order valence-electron chi connectivity index (χ4n) is 2.63. The minimum atomic E-state index is -0.153. The average Bonchev–Trinajstić information content (AvgIpc) is 3.20. The summed E-state index contributed by atoms with van der Waals surface area (Å²) in [5, 5.41) is 5.10. The van der Waals surface area contributed by atoms with Crippen LogP contribution >= 0.6 is 11.3 Å². The van der Waals surface area contributed by atoms with E-state index < -0.39 is 0 Å². The molecule has 25 heavy (non-hydrogen) atoms. The van der Waals surface area contributed by atoms with Gasteiger partial charge in [-0.3, -0.25) is 4.79 Å². The lowest BCUT2D eigenvalue weighted by molar-refractivity contribution is -0.123. The molecule has 0 aliphatic carbocycles. The van der Waals surface area contributed by atoms with Crippen molar-refractivity contribution in [2.45, 2.75) is 19.4 Å². The van der Waals surface area contributed by atoms with Gasteiger partial charge in [-0.15, -0.1) is 11.3 Å². The summed E-state index contributed by atoms with van der Waals surface area (Å²) in [6, 6.07) is 21.7. The van der Waals surface area contributed by atoms with Crippen LogP contribution in [-0.4, -0.2) is 12.5 Å². The van der Waals surface area contributed by atoms with Crippen LogP contribution in [-0.2, 0) is 11.2 Å². The van der Waals surface area contributed by atoms with Crippen LogP contribution in [0.3, 0.4) is 0 Å². The molecule has 1 amide bonds. The molecule has 1 N–H and O–H groups in total. The van der Waals surface area contributed by atoms with Crippen LogP contribution in [0.15, 0.2) is 72.1 Å². The molecule has 1 atom stereocenters. The van der Waals surface area contributed by atoms with Crippen LogP contribution in [0.1, 0.15) is 29.0 Å². The van der Waals surface area contributed by atoms with Crippen LogP contribution in [0, 0.1) is 0 Å². The molecular formula is C21H21NO2S. The normalized spacial score (nSPS) is 11.7. The Labute approximate surface area is 152 Å². The maximum atomic E-state index is 12.4. The molecule has 0 saturated heterocycles. The predicted octanol–water partition coefficient (Wildman–Crippen LogP) is 4.60. The van der Waals surface area contributed by atoms with Crippen LogP contribution in [0.5, 0.6) is 5.75 Å². The lowest BCUT2D eigenvalue weighted by Crippen LogP contribution is -2.32. The zero-order valence-electron chi connectivity index (χ0n) is 14.1. The number of carbonyl (C=O) groups is 1. The quantitative estimate of drug-likeness (QED) is 0.676. The summed E-state index contributed by atoms with van der Waals surface area (Å²) in [5.74, 6) is 0.589. The molecule has 1 unspecified atom stereocenters. The van der Waals surface area contributed by atoms with Gasteiger partial charge in [0.25, 0.3) is 5.91 Å². The first-order valence-corrected chi connectivity index (χ1v) is 9.23. The number of rotatable bonds is 7. The molecule has 0 saturated carbocycles. The highest BCUT2D eigenvalue weighted by atomic mass is 32.1. The Morgan fingerprint density at radius 2 is 1.92 bits per heavy atom. The second-order valence-corrected chi connectivity index (χ2v) is 6.70. The topological polar surface area (TPSA) is 38.3 Å². The zero-order valence-corrected chi connectivity index (χ0v) is 15.0. The minimum Gasteiger partial charge on any atom is -0.484 e. The molecule has 3 rings (SSSR count). The van der Waals surface area contributed by atoms with Gasteiger partial charge in [0.1, 0.15) is 5.75 Å². The zero-order chi connectivity index (χ0) is 17.5. The number of hydrogen-bond acceptors (Lipinski definition) is 3. The lowest BCUT2D eigenvalue weighted by atomic mass is 10.1. The molecule has 2 aromatic carbocycles. The highest BCUT2D eigenvalue weighted by Gasteiger charge is 2.17. The van der Waals surface area contributed by atoms with Gasteiger partial charge in [0, 0.05) is 4.88 Å². The van der Waals surface area contributed by atoms with Crippen LogP contribution in [0.2, 0.25) is 0 Å². The van der Waals surface area contributed by atoms with Crippen molar-refractivity contribution in [3.05, 3.63) is 88.1 Å². The predicted molar refractivity (Wildman–Crippen MR) is 102 cm³/mol. The first kappa shape index (κ1) is 17.2. The Kier molecular flexibility index (Phi) is 5.86. The number of benzene rings is 2. The SMILES string of the molecule is CCc1cccc(OCC(=O)NC(c2ccccc2)c2cccs2)c1. The number of hydrogen-bond donors (Lipinski definition) is 1. The van der Waals surface area contributed by atoms with Crippen molar-refractivity contribution in [2.75, 3.05) is 6.61 Å². The number of amides is 1. The second kappa shape index (κ2) is 8.49. The smallest absolute Gasteiger partial charge is 0.258 e. The molecular weight excluding hydrogens is 330 g/mol. The molecule has 128 valence electrons. The van der Waals surface area contributed by atoms with Crippen LogP contribution < -0.4 is 10.1 Å². The van der Waals surface area contributed by atoms with E-state index in [-0.39, 0.29) is 18.6 Å². The first-order valence-electron chi connectivity index (χ1n) is 8.35. The largest absolute Gasteiger partial charge is 0.484 e. The van der Waals surface area contributed by atoms with E-state index in [4.69, 9.17) is 4.74 Å². The molecule has 1 heterocycles. The van der Waals surface area contributed by atoms with Gasteiger partial charge in [-0.2, -0.15) is 0 Å². The molecule has 0 aliphatic rings. The summed E-state index contributed by atoms with van der Waals surface area (Å²) < 4.78 is 5.66. The molecule has 4 heteroatoms. The Hall–Kier alpha value is -2.59. The van der Waals surface area contributed by atoms with Crippen LogP contribution in [0.25, 0.3) is 0 Å². The number of nitrogens with one attached hydrogen (secondary N) is 1. The van der Waals surface area contributed by atoms with Crippen molar-refractivity contribution in [1.29, 1.82) is 0 Å². The molecule has 0 aliphatic heterocycles. The van der Waals surface area contributed by atoms with Crippen molar-refractivity contribution >= 4 is 17.2 Å². The van der Waals surface area contributed by atoms with Gasteiger partial charge in [0.15, 0.2) is 6.61 Å². The van der Waals surface area contributed by atoms with E-state index in [1.807, 2.05) is 66.0 Å². The van der Waals surface area contributed by atoms with E-state index in [0.717, 1.165) is 22.6 Å². The summed E-state index contributed by atoms with van der Waals surface area (Å²) >= 11 is 1.63. The Morgan fingerprint density at radius 1 is 1.08 bits per heavy atom. The standard InChI is InChI=1S/C21H21NO2S/c1-2-16-8-6-11-18(14-16)24-15-20(23)22-21(19-12-7-13-25-19)17-9-4-3-5-10-17/h3-14,21H,2,15H2,1H3,(H,22,23). The van der Waals surface area contributed by atoms with Gasteiger partial charge in [-0.25, -0.2) is 0 Å². The summed E-state index contributed by atoms with van der Waals surface area (Å²) in [7, 11) is 0. The van der Waals surface area contributed by atoms with E-state index >= 15 is 0 Å². The van der Waals surface area contributed by atoms with Crippen molar-refractivity contribution in [2.24, 2.45) is 0 Å². The summed E-state index contributed by atoms with van der Waals surface area (Å²) in [5.41, 5.74) is 2.25. The van der Waals surface area contributed by atoms with Gasteiger partial charge in [0.05, 0.1) is 6.04 Å². The maximum absolute atomic E-state index is 12.4. The van der Waals surface area contributed by atoms with Crippen LogP contribution in [0.4, 0.5) is 0 Å². The number of aryl methyl sites for hydroxylation is 1. The van der Waals surface area contributed by atoms with Crippen molar-refractivity contribution in [3.63, 3.8) is 0 Å². The Bertz CT molecular complexity index is 800. The van der Waals surface area contributed by atoms with Crippen molar-refractivity contribution in [3.8, 4) is 5.75 Å². The van der Waals surface area contributed by atoms with E-state index in [0.29, 0.717) is 0 Å². The van der Waals surface area contributed by atoms with E-state index in [9.17, 15) is 4.79 Å². The van der Waals surface area contributed by atoms with Gasteiger partial charge in [0.2, 0.25) is 0 Å². The van der Waals surface area contributed by atoms with E-state index in [1.54, 1.807) is 11.3 Å². The summed E-state index contributed by atoms with van der Waals surface area (Å²) in [6.45, 7) is 2.10. The van der Waals surface area contributed by atoms with Crippen molar-refractivity contribution in [1.82, 2.24) is 5.32 Å². The molecule has 3 nitrogen and oxygen atoms in total. The number of ether oxygens (including phenoxy) is 1. The van der Waals surface area contributed by atoms with Gasteiger partial charge in [-0.05, 0) is 41.1 Å². The Balaban J connectivity index is 1.66. The van der Waals surface area contributed by atoms with E-state index in [2.05, 4.69) is 18.3 Å². The van der Waals surface area contributed by atoms with E-state index in [1.165, 1.54) is 5.56 Å². The number of thiophene rings is 1. The molecule has 3 aromatic rings. The first-order chi connectivity index (χ1) is 12.3. The van der Waals surface area contributed by atoms with Gasteiger partial charge >= 0.3 is 0 Å². The monoisotopic (exact) mass is 351 g/mol. The third-order valence-electron chi connectivity index (χ3n) is 3.94. The van der Waals surface area contributed by atoms with Gasteiger partial charge < -0.3 is 10.1 Å². The summed E-state index contributed by atoms with van der Waals surface area (Å²) in [6.07, 6.45) is 0.942. The fraction of sp³-hybridized carbons (Fsp3) is 0.190. The van der Waals surface area contributed by atoms with Crippen molar-refractivity contribution < 1.29 is 9.53 Å². The molecule has 0 fully saturated rings. The van der Waals surface area contributed by atoms with Gasteiger partial charge in [-0.1, -0.05) is 55.5 Å². The minimum absolute atomic E-state index is 0.00186. The fourth-order valence-corrected chi connectivity index (χ4v) is 3.43. The highest BCUT2D eigenvalue weighted by Crippen LogP contribution is 2.25. The third kappa shape index (κ3) is 4.70. The second-order valence-electron chi connectivity index (χ2n) is 5.72. The number of carbonyl (C=O) groups excluding carboxylic acids is 1. The summed E-state index contributed by atoms with van der Waals surface area (Å²) in [4.78, 5) is 13.5. The molecule has 0 spiro atoms. The molecule has 0 radical (unpaired) electrons. The average molecular weight is 351 g/mol. The molecule has 1 aromatic heterocycles. The Morgan fingerprint density at radius 3 is 2.64 bits per heavy atom. The maximum Gasteiger partial charge on any atom is 0.258 e. The third-order valence-corrected chi connectivity index (χ3v) is 4.88.